The van der Waals surface area contributed by atoms with E-state index in [-0.39, 0.29) is 17.6 Å². The quantitative estimate of drug-likeness (QED) is 0.827. The first-order chi connectivity index (χ1) is 12.1. The molecule has 0 aromatic heterocycles. The molecule has 3 aliphatic rings. The number of nitrogens with zero attached hydrogens (tertiary/aromatic N) is 1. The van der Waals surface area contributed by atoms with E-state index < -0.39 is 0 Å². The second-order valence-corrected chi connectivity index (χ2v) is 7.65. The van der Waals surface area contributed by atoms with Crippen LogP contribution in [0.3, 0.4) is 0 Å². The Balaban J connectivity index is 1.44. The van der Waals surface area contributed by atoms with Gasteiger partial charge in [0.05, 0.1) is 0 Å². The maximum Gasteiger partial charge on any atom is 0.230 e. The van der Waals surface area contributed by atoms with E-state index in [4.69, 9.17) is 0 Å². The predicted molar refractivity (Wildman–Crippen MR) is 97.1 cm³/mol. The summed E-state index contributed by atoms with van der Waals surface area (Å²) in [6, 6.07) is 14.2. The molecule has 25 heavy (non-hydrogen) atoms. The van der Waals surface area contributed by atoms with Crippen molar-refractivity contribution in [1.29, 1.82) is 0 Å². The molecule has 1 fully saturated rings. The minimum absolute atomic E-state index is 0.0906. The van der Waals surface area contributed by atoms with Crippen molar-refractivity contribution in [2.75, 3.05) is 11.4 Å². The van der Waals surface area contributed by atoms with Crippen LogP contribution in [0.4, 0.5) is 5.69 Å². The van der Waals surface area contributed by atoms with Gasteiger partial charge in [0.15, 0.2) is 5.78 Å². The second kappa shape index (κ2) is 5.29. The molecule has 2 aromatic carbocycles. The molecule has 3 atom stereocenters. The van der Waals surface area contributed by atoms with Crippen LogP contribution in [0.2, 0.25) is 0 Å². The standard InChI is InChI=1S/C22H21NO2/c1-13-5-2-3-6-15(13)17-11-18(17)22(25)23-12-14-9-10-20(24)16-7-4-8-19(23)21(14)16/h2-8,14,17-18H,9-12H2,1H3. The van der Waals surface area contributed by atoms with Crippen molar-refractivity contribution in [3.8, 4) is 0 Å². The summed E-state index contributed by atoms with van der Waals surface area (Å²) < 4.78 is 0. The number of aryl methyl sites for hydroxylation is 1. The van der Waals surface area contributed by atoms with Crippen molar-refractivity contribution in [3.05, 3.63) is 64.7 Å². The molecule has 0 saturated heterocycles. The van der Waals surface area contributed by atoms with E-state index in [1.54, 1.807) is 0 Å². The number of ketones is 1. The molecule has 0 N–H and O–H groups in total. The Kier molecular flexibility index (Phi) is 3.15. The van der Waals surface area contributed by atoms with E-state index in [1.165, 1.54) is 11.1 Å². The Morgan fingerprint density at radius 1 is 1.12 bits per heavy atom. The Bertz CT molecular complexity index is 901. The SMILES string of the molecule is Cc1ccccc1C1CC1C(=O)N1CC2CCC(=O)c3cccc1c32. The highest BCUT2D eigenvalue weighted by Crippen LogP contribution is 2.52. The van der Waals surface area contributed by atoms with Gasteiger partial charge in [-0.1, -0.05) is 36.4 Å². The average Bonchev–Trinajstić information content (AvgIpc) is 3.33. The van der Waals surface area contributed by atoms with Gasteiger partial charge < -0.3 is 4.90 Å². The van der Waals surface area contributed by atoms with Gasteiger partial charge in [0, 0.05) is 36.1 Å². The van der Waals surface area contributed by atoms with E-state index in [9.17, 15) is 9.59 Å². The number of hydrogen-bond donors (Lipinski definition) is 0. The zero-order valence-electron chi connectivity index (χ0n) is 14.4. The molecule has 0 spiro atoms. The molecule has 5 rings (SSSR count). The Hall–Kier alpha value is -2.42. The lowest BCUT2D eigenvalue weighted by Gasteiger charge is -2.18. The van der Waals surface area contributed by atoms with Gasteiger partial charge in [0.1, 0.15) is 0 Å². The first kappa shape index (κ1) is 14.9. The molecule has 2 aliphatic carbocycles. The van der Waals surface area contributed by atoms with Gasteiger partial charge in [0.2, 0.25) is 5.91 Å². The number of benzene rings is 2. The summed E-state index contributed by atoms with van der Waals surface area (Å²) in [5.41, 5.74) is 5.53. The molecule has 0 bridgehead atoms. The molecule has 3 unspecified atom stereocenters. The minimum Gasteiger partial charge on any atom is -0.311 e. The van der Waals surface area contributed by atoms with Gasteiger partial charge >= 0.3 is 0 Å². The third-order valence-electron chi connectivity index (χ3n) is 6.17. The van der Waals surface area contributed by atoms with Crippen LogP contribution in [-0.4, -0.2) is 18.2 Å². The van der Waals surface area contributed by atoms with E-state index in [0.29, 0.717) is 18.3 Å². The summed E-state index contributed by atoms with van der Waals surface area (Å²) in [7, 11) is 0. The molecule has 1 aliphatic heterocycles. The molecular formula is C22H21NO2. The van der Waals surface area contributed by atoms with Crippen LogP contribution in [0.15, 0.2) is 42.5 Å². The number of carbonyl (C=O) groups excluding carboxylic acids is 2. The lowest BCUT2D eigenvalue weighted by atomic mass is 9.83. The van der Waals surface area contributed by atoms with Crippen molar-refractivity contribution in [1.82, 2.24) is 0 Å². The third-order valence-corrected chi connectivity index (χ3v) is 6.17. The lowest BCUT2D eigenvalue weighted by molar-refractivity contribution is -0.119. The van der Waals surface area contributed by atoms with E-state index in [0.717, 1.165) is 36.2 Å². The van der Waals surface area contributed by atoms with Crippen molar-refractivity contribution in [2.24, 2.45) is 5.92 Å². The number of amides is 1. The zero-order chi connectivity index (χ0) is 17.1. The Labute approximate surface area is 147 Å². The van der Waals surface area contributed by atoms with E-state index >= 15 is 0 Å². The van der Waals surface area contributed by atoms with Gasteiger partial charge in [-0.3, -0.25) is 9.59 Å². The van der Waals surface area contributed by atoms with Gasteiger partial charge in [-0.2, -0.15) is 0 Å². The molecular weight excluding hydrogens is 310 g/mol. The highest BCUT2D eigenvalue weighted by atomic mass is 16.2. The summed E-state index contributed by atoms with van der Waals surface area (Å²) in [6.07, 6.45) is 2.43. The molecule has 3 heteroatoms. The highest BCUT2D eigenvalue weighted by Gasteiger charge is 2.49. The summed E-state index contributed by atoms with van der Waals surface area (Å²) in [4.78, 5) is 27.3. The van der Waals surface area contributed by atoms with Crippen LogP contribution in [0.5, 0.6) is 0 Å². The van der Waals surface area contributed by atoms with Gasteiger partial charge in [-0.15, -0.1) is 0 Å². The first-order valence-corrected chi connectivity index (χ1v) is 9.18. The molecule has 2 aromatic rings. The van der Waals surface area contributed by atoms with Crippen LogP contribution in [0, 0.1) is 12.8 Å². The van der Waals surface area contributed by atoms with Crippen molar-refractivity contribution in [3.63, 3.8) is 0 Å². The fourth-order valence-corrected chi connectivity index (χ4v) is 4.77. The Morgan fingerprint density at radius 2 is 1.96 bits per heavy atom. The molecule has 3 nitrogen and oxygen atoms in total. The number of hydrogen-bond acceptors (Lipinski definition) is 2. The summed E-state index contributed by atoms with van der Waals surface area (Å²) in [5, 5.41) is 0. The number of Topliss-reactive ketones (excluding diaryl/α,β-unsaturated/α-hetero) is 1. The number of carbonyl (C=O) groups is 2. The average molecular weight is 331 g/mol. The van der Waals surface area contributed by atoms with Crippen molar-refractivity contribution >= 4 is 17.4 Å². The van der Waals surface area contributed by atoms with Crippen LogP contribution in [-0.2, 0) is 4.79 Å². The van der Waals surface area contributed by atoms with Crippen molar-refractivity contribution in [2.45, 2.75) is 38.0 Å². The van der Waals surface area contributed by atoms with Crippen LogP contribution in [0.1, 0.15) is 58.1 Å². The molecule has 1 saturated carbocycles. The third kappa shape index (κ3) is 2.18. The maximum atomic E-state index is 13.2. The van der Waals surface area contributed by atoms with Gasteiger partial charge in [-0.05, 0) is 48.4 Å². The Morgan fingerprint density at radius 3 is 2.80 bits per heavy atom. The molecule has 0 radical (unpaired) electrons. The van der Waals surface area contributed by atoms with E-state index in [2.05, 4.69) is 25.1 Å². The number of rotatable bonds is 2. The minimum atomic E-state index is 0.0906. The van der Waals surface area contributed by atoms with Gasteiger partial charge in [0.25, 0.3) is 0 Å². The maximum absolute atomic E-state index is 13.2. The molecule has 126 valence electrons. The monoisotopic (exact) mass is 331 g/mol. The zero-order valence-corrected chi connectivity index (χ0v) is 14.4. The fraction of sp³-hybridized carbons (Fsp3) is 0.364. The molecule has 1 heterocycles. The summed E-state index contributed by atoms with van der Waals surface area (Å²) in [6.45, 7) is 2.87. The lowest BCUT2D eigenvalue weighted by Crippen LogP contribution is -2.31. The first-order valence-electron chi connectivity index (χ1n) is 9.18. The summed E-state index contributed by atoms with van der Waals surface area (Å²) >= 11 is 0. The van der Waals surface area contributed by atoms with Crippen LogP contribution >= 0.6 is 0 Å². The number of anilines is 1. The van der Waals surface area contributed by atoms with Crippen LogP contribution in [0.25, 0.3) is 0 Å². The van der Waals surface area contributed by atoms with Gasteiger partial charge in [-0.25, -0.2) is 0 Å². The van der Waals surface area contributed by atoms with Crippen LogP contribution < -0.4 is 4.90 Å². The summed E-state index contributed by atoms with van der Waals surface area (Å²) in [5.74, 6) is 1.25. The normalized spacial score (nSPS) is 26.5. The predicted octanol–water partition coefficient (Wildman–Crippen LogP) is 4.21. The highest BCUT2D eigenvalue weighted by molar-refractivity contribution is 6.05. The smallest absolute Gasteiger partial charge is 0.230 e. The topological polar surface area (TPSA) is 37.4 Å². The molecule has 1 amide bonds. The largest absolute Gasteiger partial charge is 0.311 e. The van der Waals surface area contributed by atoms with E-state index in [1.807, 2.05) is 29.2 Å². The second-order valence-electron chi connectivity index (χ2n) is 7.65. The fourth-order valence-electron chi connectivity index (χ4n) is 4.77. The van der Waals surface area contributed by atoms with Crippen molar-refractivity contribution < 1.29 is 9.59 Å².